The largest absolute Gasteiger partial charge is 0.335 e. The number of aryl methyl sites for hydroxylation is 2. The van der Waals surface area contributed by atoms with E-state index in [4.69, 9.17) is 0 Å². The Morgan fingerprint density at radius 3 is 2.21 bits per heavy atom. The van der Waals surface area contributed by atoms with Crippen molar-refractivity contribution in [3.63, 3.8) is 0 Å². The molecule has 0 aromatic carbocycles. The Hall–Kier alpha value is -0.920. The van der Waals surface area contributed by atoms with Crippen LogP contribution in [-0.4, -0.2) is 56.0 Å². The minimum absolute atomic E-state index is 0.00866. The van der Waals surface area contributed by atoms with Gasteiger partial charge in [-0.2, -0.15) is 4.31 Å². The van der Waals surface area contributed by atoms with Gasteiger partial charge < -0.3 is 4.90 Å². The number of nitrogens with zero attached hydrogens (tertiary/aromatic N) is 2. The summed E-state index contributed by atoms with van der Waals surface area (Å²) in [5.74, 6) is 0.00866. The molecular weight excluding hydrogens is 284 g/mol. The van der Waals surface area contributed by atoms with Gasteiger partial charge in [0.05, 0.1) is 11.1 Å². The summed E-state index contributed by atoms with van der Waals surface area (Å²) in [6.45, 7) is 5.67. The van der Waals surface area contributed by atoms with Crippen molar-refractivity contribution >= 4 is 27.3 Å². The van der Waals surface area contributed by atoms with Crippen molar-refractivity contribution in [1.29, 1.82) is 0 Å². The van der Waals surface area contributed by atoms with Crippen LogP contribution in [-0.2, 0) is 10.0 Å². The molecule has 0 radical (unpaired) electrons. The van der Waals surface area contributed by atoms with E-state index in [-0.39, 0.29) is 5.91 Å². The van der Waals surface area contributed by atoms with E-state index in [0.29, 0.717) is 26.2 Å². The van der Waals surface area contributed by atoms with Crippen LogP contribution in [0.15, 0.2) is 6.07 Å². The number of hydrogen-bond acceptors (Lipinski definition) is 4. The maximum atomic E-state index is 12.3. The predicted molar refractivity (Wildman–Crippen MR) is 76.1 cm³/mol. The lowest BCUT2D eigenvalue weighted by atomic mass is 10.2. The van der Waals surface area contributed by atoms with E-state index in [1.165, 1.54) is 21.9 Å². The van der Waals surface area contributed by atoms with Gasteiger partial charge in [0.2, 0.25) is 10.0 Å². The maximum Gasteiger partial charge on any atom is 0.264 e. The van der Waals surface area contributed by atoms with Gasteiger partial charge in [-0.1, -0.05) is 0 Å². The first kappa shape index (κ1) is 14.5. The van der Waals surface area contributed by atoms with Crippen LogP contribution < -0.4 is 0 Å². The summed E-state index contributed by atoms with van der Waals surface area (Å²) in [7, 11) is -3.14. The summed E-state index contributed by atoms with van der Waals surface area (Å²) >= 11 is 1.50. The highest BCUT2D eigenvalue weighted by molar-refractivity contribution is 7.88. The summed E-state index contributed by atoms with van der Waals surface area (Å²) < 4.78 is 24.2. The zero-order chi connectivity index (χ0) is 14.2. The van der Waals surface area contributed by atoms with Crippen molar-refractivity contribution < 1.29 is 13.2 Å². The number of amides is 1. The third kappa shape index (κ3) is 3.16. The fraction of sp³-hybridized carbons (Fsp3) is 0.583. The van der Waals surface area contributed by atoms with E-state index in [2.05, 4.69) is 0 Å². The highest BCUT2D eigenvalue weighted by Crippen LogP contribution is 2.22. The molecule has 2 rings (SSSR count). The maximum absolute atomic E-state index is 12.3. The van der Waals surface area contributed by atoms with Crippen molar-refractivity contribution in [2.45, 2.75) is 13.8 Å². The molecule has 19 heavy (non-hydrogen) atoms. The summed E-state index contributed by atoms with van der Waals surface area (Å²) in [6, 6.07) is 1.91. The Morgan fingerprint density at radius 1 is 1.21 bits per heavy atom. The summed E-state index contributed by atoms with van der Waals surface area (Å²) in [5, 5.41) is 0. The van der Waals surface area contributed by atoms with E-state index in [9.17, 15) is 13.2 Å². The average Bonchev–Trinajstić information content (AvgIpc) is 2.68. The Morgan fingerprint density at radius 2 is 1.79 bits per heavy atom. The van der Waals surface area contributed by atoms with Gasteiger partial charge in [-0.15, -0.1) is 11.3 Å². The second kappa shape index (κ2) is 5.22. The van der Waals surface area contributed by atoms with Crippen LogP contribution >= 0.6 is 11.3 Å². The molecule has 1 amide bonds. The molecular formula is C12H18N2O3S2. The van der Waals surface area contributed by atoms with Crippen LogP contribution in [0.5, 0.6) is 0 Å². The molecule has 1 aromatic heterocycles. The second-order valence-corrected chi connectivity index (χ2v) is 8.04. The first-order valence-corrected chi connectivity index (χ1v) is 8.77. The van der Waals surface area contributed by atoms with Crippen LogP contribution in [0.25, 0.3) is 0 Å². The normalized spacial score (nSPS) is 17.7. The van der Waals surface area contributed by atoms with E-state index in [1.54, 1.807) is 4.90 Å². The average molecular weight is 302 g/mol. The molecule has 1 aliphatic rings. The van der Waals surface area contributed by atoms with Crippen molar-refractivity contribution in [3.8, 4) is 0 Å². The van der Waals surface area contributed by atoms with Crippen LogP contribution in [0.4, 0.5) is 0 Å². The number of piperazine rings is 1. The SMILES string of the molecule is Cc1cc(C(=O)N2CCN(S(C)(=O)=O)CC2)sc1C. The van der Waals surface area contributed by atoms with Gasteiger partial charge in [0.25, 0.3) is 5.91 Å². The lowest BCUT2D eigenvalue weighted by Gasteiger charge is -2.33. The van der Waals surface area contributed by atoms with Gasteiger partial charge in [0, 0.05) is 31.1 Å². The van der Waals surface area contributed by atoms with Crippen molar-refractivity contribution in [3.05, 3.63) is 21.4 Å². The highest BCUT2D eigenvalue weighted by atomic mass is 32.2. The van der Waals surface area contributed by atoms with Gasteiger partial charge in [0.1, 0.15) is 0 Å². The van der Waals surface area contributed by atoms with Gasteiger partial charge in [-0.3, -0.25) is 4.79 Å². The molecule has 0 atom stereocenters. The summed E-state index contributed by atoms with van der Waals surface area (Å²) in [4.78, 5) is 15.9. The lowest BCUT2D eigenvalue weighted by Crippen LogP contribution is -2.50. The van der Waals surface area contributed by atoms with Gasteiger partial charge in [-0.05, 0) is 25.5 Å². The summed E-state index contributed by atoms with van der Waals surface area (Å²) in [5.41, 5.74) is 1.13. The van der Waals surface area contributed by atoms with Crippen LogP contribution in [0.3, 0.4) is 0 Å². The number of carbonyl (C=O) groups excluding carboxylic acids is 1. The van der Waals surface area contributed by atoms with E-state index < -0.39 is 10.0 Å². The molecule has 1 aliphatic heterocycles. The molecule has 0 spiro atoms. The molecule has 1 aromatic rings. The topological polar surface area (TPSA) is 57.7 Å². The van der Waals surface area contributed by atoms with Gasteiger partial charge in [0.15, 0.2) is 0 Å². The van der Waals surface area contributed by atoms with Crippen LogP contribution in [0.1, 0.15) is 20.1 Å². The third-order valence-corrected chi connectivity index (χ3v) is 5.82. The molecule has 0 unspecified atom stereocenters. The molecule has 7 heteroatoms. The first-order chi connectivity index (χ1) is 8.79. The molecule has 0 bridgehead atoms. The standard InChI is InChI=1S/C12H18N2O3S2/c1-9-8-11(18-10(9)2)12(15)13-4-6-14(7-5-13)19(3,16)17/h8H,4-7H2,1-3H3. The quantitative estimate of drug-likeness (QED) is 0.821. The molecule has 5 nitrogen and oxygen atoms in total. The molecule has 0 saturated carbocycles. The van der Waals surface area contributed by atoms with E-state index >= 15 is 0 Å². The fourth-order valence-corrected chi connectivity index (χ4v) is 3.89. The molecule has 2 heterocycles. The van der Waals surface area contributed by atoms with E-state index in [1.807, 2.05) is 19.9 Å². The predicted octanol–water partition coefficient (Wildman–Crippen LogP) is 1.08. The zero-order valence-electron chi connectivity index (χ0n) is 11.3. The molecule has 106 valence electrons. The molecule has 1 fully saturated rings. The number of rotatable bonds is 2. The number of thiophene rings is 1. The van der Waals surface area contributed by atoms with E-state index in [0.717, 1.165) is 15.3 Å². The minimum atomic E-state index is -3.14. The van der Waals surface area contributed by atoms with Gasteiger partial charge >= 0.3 is 0 Å². The first-order valence-electron chi connectivity index (χ1n) is 6.10. The van der Waals surface area contributed by atoms with Crippen LogP contribution in [0.2, 0.25) is 0 Å². The third-order valence-electron chi connectivity index (χ3n) is 3.37. The smallest absolute Gasteiger partial charge is 0.264 e. The Kier molecular flexibility index (Phi) is 3.98. The van der Waals surface area contributed by atoms with Crippen LogP contribution in [0, 0.1) is 13.8 Å². The molecule has 1 saturated heterocycles. The Bertz CT molecular complexity index is 565. The Balaban J connectivity index is 2.04. The van der Waals surface area contributed by atoms with Gasteiger partial charge in [-0.25, -0.2) is 8.42 Å². The monoisotopic (exact) mass is 302 g/mol. The lowest BCUT2D eigenvalue weighted by molar-refractivity contribution is 0.0703. The molecule has 0 aliphatic carbocycles. The second-order valence-electron chi connectivity index (χ2n) is 4.80. The number of carbonyl (C=O) groups is 1. The number of sulfonamides is 1. The van der Waals surface area contributed by atoms with Crippen molar-refractivity contribution in [1.82, 2.24) is 9.21 Å². The molecule has 0 N–H and O–H groups in total. The number of hydrogen-bond donors (Lipinski definition) is 0. The summed E-state index contributed by atoms with van der Waals surface area (Å²) in [6.07, 6.45) is 1.20. The fourth-order valence-electron chi connectivity index (χ4n) is 2.06. The van der Waals surface area contributed by atoms with Crippen molar-refractivity contribution in [2.75, 3.05) is 32.4 Å². The zero-order valence-corrected chi connectivity index (χ0v) is 13.0. The Labute approximate surface area is 117 Å². The highest BCUT2D eigenvalue weighted by Gasteiger charge is 2.27. The minimum Gasteiger partial charge on any atom is -0.335 e. The van der Waals surface area contributed by atoms with Crippen molar-refractivity contribution in [2.24, 2.45) is 0 Å².